The van der Waals surface area contributed by atoms with Crippen LogP contribution in [0.3, 0.4) is 0 Å². The van der Waals surface area contributed by atoms with Gasteiger partial charge in [-0.1, -0.05) is 31.4 Å². The third kappa shape index (κ3) is 4.42. The number of primary amides is 1. The molecule has 1 heterocycles. The number of carbonyl (C=O) groups is 2. The van der Waals surface area contributed by atoms with E-state index in [1.54, 1.807) is 19.5 Å². The van der Waals surface area contributed by atoms with E-state index in [-0.39, 0.29) is 0 Å². The van der Waals surface area contributed by atoms with E-state index in [0.717, 1.165) is 36.1 Å². The lowest BCUT2D eigenvalue weighted by Crippen LogP contribution is -2.60. The molecule has 1 saturated carbocycles. The molecule has 28 heavy (non-hydrogen) atoms. The lowest BCUT2D eigenvalue weighted by Gasteiger charge is -2.35. The number of nitrogens with zero attached hydrogens (tertiary/aromatic N) is 1. The number of hydrogen-bond donors (Lipinski definition) is 3. The van der Waals surface area contributed by atoms with Gasteiger partial charge in [0.05, 0.1) is 13.2 Å². The predicted molar refractivity (Wildman–Crippen MR) is 106 cm³/mol. The van der Waals surface area contributed by atoms with E-state index in [2.05, 4.69) is 15.6 Å². The highest BCUT2D eigenvalue weighted by atomic mass is 16.5. The first-order valence-electron chi connectivity index (χ1n) is 9.46. The van der Waals surface area contributed by atoms with Crippen LogP contribution in [0.1, 0.15) is 49.3 Å². The van der Waals surface area contributed by atoms with Crippen LogP contribution in [-0.2, 0) is 4.79 Å². The van der Waals surface area contributed by atoms with Gasteiger partial charge in [0.2, 0.25) is 5.91 Å². The van der Waals surface area contributed by atoms with Crippen LogP contribution < -0.4 is 21.1 Å². The number of benzene rings is 1. The van der Waals surface area contributed by atoms with E-state index in [1.807, 2.05) is 36.4 Å². The van der Waals surface area contributed by atoms with E-state index in [9.17, 15) is 9.59 Å². The standard InChI is InChI=1S/C21H26N4O3/c1-28-17-7-5-15(6-8-17)18(16-9-13-23-14-10-16)24-20(27)25-21(19(22)26)11-3-2-4-12-21/h5-10,13-14,18H,2-4,11-12H2,1H3,(H2,22,26)(H2,24,25,27)/t18-/m1/s1. The lowest BCUT2D eigenvalue weighted by atomic mass is 9.81. The van der Waals surface area contributed by atoms with Crippen LogP contribution in [0.4, 0.5) is 4.79 Å². The van der Waals surface area contributed by atoms with Gasteiger partial charge in [-0.25, -0.2) is 4.79 Å². The summed E-state index contributed by atoms with van der Waals surface area (Å²) in [4.78, 5) is 28.9. The zero-order valence-electron chi connectivity index (χ0n) is 16.0. The van der Waals surface area contributed by atoms with Gasteiger partial charge in [0.1, 0.15) is 11.3 Å². The minimum atomic E-state index is -0.981. The summed E-state index contributed by atoms with van der Waals surface area (Å²) in [5, 5.41) is 5.85. The first-order chi connectivity index (χ1) is 13.5. The number of ether oxygens (including phenoxy) is 1. The smallest absolute Gasteiger partial charge is 0.316 e. The third-order valence-electron chi connectivity index (χ3n) is 5.30. The molecule has 3 amide bonds. The first kappa shape index (κ1) is 19.7. The molecule has 1 aromatic carbocycles. The van der Waals surface area contributed by atoms with Gasteiger partial charge in [0.25, 0.3) is 0 Å². The fourth-order valence-electron chi connectivity index (χ4n) is 3.68. The van der Waals surface area contributed by atoms with Gasteiger partial charge in [-0.2, -0.15) is 0 Å². The van der Waals surface area contributed by atoms with Crippen LogP contribution >= 0.6 is 0 Å². The molecule has 7 nitrogen and oxygen atoms in total. The molecule has 7 heteroatoms. The van der Waals surface area contributed by atoms with Crippen molar-refractivity contribution in [3.8, 4) is 5.75 Å². The van der Waals surface area contributed by atoms with Gasteiger partial charge in [0.15, 0.2) is 0 Å². The summed E-state index contributed by atoms with van der Waals surface area (Å²) in [5.74, 6) is 0.254. The molecule has 4 N–H and O–H groups in total. The lowest BCUT2D eigenvalue weighted by molar-refractivity contribution is -0.125. The Balaban J connectivity index is 1.82. The molecule has 0 unspecified atom stereocenters. The third-order valence-corrected chi connectivity index (χ3v) is 5.30. The second-order valence-electron chi connectivity index (χ2n) is 7.09. The van der Waals surface area contributed by atoms with Gasteiger partial charge in [-0.05, 0) is 48.2 Å². The molecule has 1 aliphatic rings. The van der Waals surface area contributed by atoms with Crippen molar-refractivity contribution in [3.63, 3.8) is 0 Å². The summed E-state index contributed by atoms with van der Waals surface area (Å²) in [6.07, 6.45) is 7.28. The van der Waals surface area contributed by atoms with Crippen LogP contribution in [-0.4, -0.2) is 29.6 Å². The Hall–Kier alpha value is -3.09. The Morgan fingerprint density at radius 2 is 1.64 bits per heavy atom. The molecule has 1 atom stereocenters. The van der Waals surface area contributed by atoms with Crippen LogP contribution in [0, 0.1) is 0 Å². The molecule has 0 radical (unpaired) electrons. The van der Waals surface area contributed by atoms with Crippen molar-refractivity contribution in [2.24, 2.45) is 5.73 Å². The molecule has 0 bridgehead atoms. The molecule has 2 aromatic rings. The zero-order chi connectivity index (χ0) is 20.0. The minimum Gasteiger partial charge on any atom is -0.497 e. The van der Waals surface area contributed by atoms with E-state index in [1.165, 1.54) is 0 Å². The highest BCUT2D eigenvalue weighted by Gasteiger charge is 2.39. The molecule has 1 aromatic heterocycles. The van der Waals surface area contributed by atoms with Gasteiger partial charge < -0.3 is 21.1 Å². The zero-order valence-corrected chi connectivity index (χ0v) is 16.0. The van der Waals surface area contributed by atoms with Crippen LogP contribution in [0.5, 0.6) is 5.75 Å². The highest BCUT2D eigenvalue weighted by Crippen LogP contribution is 2.29. The molecule has 0 saturated heterocycles. The molecular weight excluding hydrogens is 356 g/mol. The monoisotopic (exact) mass is 382 g/mol. The Labute approximate surface area is 164 Å². The van der Waals surface area contributed by atoms with E-state index in [4.69, 9.17) is 10.5 Å². The van der Waals surface area contributed by atoms with E-state index >= 15 is 0 Å². The number of nitrogens with one attached hydrogen (secondary N) is 2. The van der Waals surface area contributed by atoms with E-state index in [0.29, 0.717) is 12.8 Å². The molecule has 3 rings (SSSR count). The number of carbonyl (C=O) groups excluding carboxylic acids is 2. The van der Waals surface area contributed by atoms with Crippen molar-refractivity contribution in [3.05, 3.63) is 59.9 Å². The van der Waals surface area contributed by atoms with E-state index < -0.39 is 23.5 Å². The Bertz CT molecular complexity index is 802. The number of pyridine rings is 1. The molecule has 1 fully saturated rings. The SMILES string of the molecule is COc1ccc([C@@H](NC(=O)NC2(C(N)=O)CCCCC2)c2ccncc2)cc1. The number of methoxy groups -OCH3 is 1. The van der Waals surface area contributed by atoms with Gasteiger partial charge in [-0.3, -0.25) is 9.78 Å². The number of rotatable bonds is 6. The van der Waals surface area contributed by atoms with Crippen molar-refractivity contribution in [1.29, 1.82) is 0 Å². The average molecular weight is 382 g/mol. The summed E-state index contributed by atoms with van der Waals surface area (Å²) in [6.45, 7) is 0. The Kier molecular flexibility index (Phi) is 6.13. The number of amides is 3. The topological polar surface area (TPSA) is 106 Å². The van der Waals surface area contributed by atoms with Gasteiger partial charge >= 0.3 is 6.03 Å². The van der Waals surface area contributed by atoms with Crippen molar-refractivity contribution in [1.82, 2.24) is 15.6 Å². The predicted octanol–water partition coefficient (Wildman–Crippen LogP) is 2.67. The van der Waals surface area contributed by atoms with Crippen molar-refractivity contribution in [2.75, 3.05) is 7.11 Å². The van der Waals surface area contributed by atoms with Crippen LogP contribution in [0.15, 0.2) is 48.8 Å². The second-order valence-corrected chi connectivity index (χ2v) is 7.09. The van der Waals surface area contributed by atoms with Crippen molar-refractivity contribution < 1.29 is 14.3 Å². The number of aromatic nitrogens is 1. The van der Waals surface area contributed by atoms with Crippen LogP contribution in [0.25, 0.3) is 0 Å². The summed E-state index contributed by atoms with van der Waals surface area (Å²) in [6, 6.07) is 10.4. The number of hydrogen-bond acceptors (Lipinski definition) is 4. The quantitative estimate of drug-likeness (QED) is 0.714. The maximum Gasteiger partial charge on any atom is 0.316 e. The Morgan fingerprint density at radius 1 is 1.04 bits per heavy atom. The average Bonchev–Trinajstić information content (AvgIpc) is 2.73. The first-order valence-corrected chi connectivity index (χ1v) is 9.46. The summed E-state index contributed by atoms with van der Waals surface area (Å²) >= 11 is 0. The van der Waals surface area contributed by atoms with Crippen molar-refractivity contribution in [2.45, 2.75) is 43.7 Å². The highest BCUT2D eigenvalue weighted by molar-refractivity contribution is 5.90. The molecule has 1 aliphatic carbocycles. The van der Waals surface area contributed by atoms with Crippen molar-refractivity contribution >= 4 is 11.9 Å². The number of urea groups is 1. The fourth-order valence-corrected chi connectivity index (χ4v) is 3.68. The summed E-state index contributed by atoms with van der Waals surface area (Å²) < 4.78 is 5.21. The summed E-state index contributed by atoms with van der Waals surface area (Å²) in [7, 11) is 1.61. The minimum absolute atomic E-state index is 0.401. The normalized spacial score (nSPS) is 16.6. The summed E-state index contributed by atoms with van der Waals surface area (Å²) in [5.41, 5.74) is 6.42. The van der Waals surface area contributed by atoms with Gasteiger partial charge in [0, 0.05) is 12.4 Å². The maximum atomic E-state index is 12.8. The van der Waals surface area contributed by atoms with Crippen LogP contribution in [0.2, 0.25) is 0 Å². The molecule has 0 spiro atoms. The fraction of sp³-hybridized carbons (Fsp3) is 0.381. The maximum absolute atomic E-state index is 12.8. The van der Waals surface area contributed by atoms with Gasteiger partial charge in [-0.15, -0.1) is 0 Å². The molecular formula is C21H26N4O3. The molecule has 0 aliphatic heterocycles. The number of nitrogens with two attached hydrogens (primary N) is 1. The second kappa shape index (κ2) is 8.73. The Morgan fingerprint density at radius 3 is 2.21 bits per heavy atom. The largest absolute Gasteiger partial charge is 0.497 e. The molecule has 148 valence electrons.